The van der Waals surface area contributed by atoms with E-state index in [1.807, 2.05) is 44.4 Å². The molecule has 0 saturated carbocycles. The van der Waals surface area contributed by atoms with Crippen LogP contribution < -0.4 is 10.1 Å². The van der Waals surface area contributed by atoms with Crippen LogP contribution in [0.15, 0.2) is 29.4 Å². The fraction of sp³-hybridized carbons (Fsp3) is 0.353. The molecule has 1 aromatic carbocycles. The zero-order chi connectivity index (χ0) is 16.8. The molecule has 0 spiro atoms. The van der Waals surface area contributed by atoms with Gasteiger partial charge in [-0.1, -0.05) is 23.9 Å². The van der Waals surface area contributed by atoms with Gasteiger partial charge in [0.2, 0.25) is 5.91 Å². The van der Waals surface area contributed by atoms with Crippen molar-refractivity contribution in [1.82, 2.24) is 9.97 Å². The van der Waals surface area contributed by atoms with Crippen LogP contribution in [0, 0.1) is 13.8 Å². The van der Waals surface area contributed by atoms with Crippen LogP contribution in [0.4, 0.5) is 5.69 Å². The van der Waals surface area contributed by atoms with Crippen molar-refractivity contribution < 1.29 is 9.53 Å². The van der Waals surface area contributed by atoms with E-state index in [-0.39, 0.29) is 5.91 Å². The van der Waals surface area contributed by atoms with Crippen LogP contribution in [0.3, 0.4) is 0 Å². The van der Waals surface area contributed by atoms with Gasteiger partial charge >= 0.3 is 0 Å². The number of benzene rings is 1. The molecule has 5 nitrogen and oxygen atoms in total. The van der Waals surface area contributed by atoms with E-state index in [0.29, 0.717) is 24.3 Å². The molecule has 0 radical (unpaired) electrons. The van der Waals surface area contributed by atoms with Gasteiger partial charge in [0.1, 0.15) is 5.75 Å². The Hall–Kier alpha value is -2.08. The number of nitrogens with zero attached hydrogens (tertiary/aromatic N) is 2. The van der Waals surface area contributed by atoms with Crippen LogP contribution in [-0.2, 0) is 11.2 Å². The zero-order valence-corrected chi connectivity index (χ0v) is 14.7. The number of amides is 1. The molecule has 0 aliphatic rings. The molecule has 2 aromatic rings. The van der Waals surface area contributed by atoms with Gasteiger partial charge in [-0.05, 0) is 44.2 Å². The molecule has 0 unspecified atom stereocenters. The number of methoxy groups -OCH3 is 1. The predicted octanol–water partition coefficient (Wildman–Crippen LogP) is 3.40. The number of thioether (sulfide) groups is 1. The summed E-state index contributed by atoms with van der Waals surface area (Å²) < 4.78 is 5.24. The van der Waals surface area contributed by atoms with Crippen LogP contribution in [0.1, 0.15) is 23.4 Å². The van der Waals surface area contributed by atoms with Crippen molar-refractivity contribution in [2.24, 2.45) is 0 Å². The molecule has 0 atom stereocenters. The largest absolute Gasteiger partial charge is 0.495 e. The summed E-state index contributed by atoms with van der Waals surface area (Å²) in [7, 11) is 1.59. The molecular formula is C17H21N3O2S. The fourth-order valence-electron chi connectivity index (χ4n) is 2.36. The topological polar surface area (TPSA) is 64.1 Å². The summed E-state index contributed by atoms with van der Waals surface area (Å²) in [4.78, 5) is 21.1. The summed E-state index contributed by atoms with van der Waals surface area (Å²) in [6, 6.07) is 7.37. The van der Waals surface area contributed by atoms with E-state index in [1.54, 1.807) is 7.11 Å². The maximum absolute atomic E-state index is 12.2. The van der Waals surface area contributed by atoms with Crippen molar-refractivity contribution in [3.63, 3.8) is 0 Å². The highest BCUT2D eigenvalue weighted by molar-refractivity contribution is 7.98. The number of anilines is 1. The van der Waals surface area contributed by atoms with Gasteiger partial charge < -0.3 is 10.1 Å². The van der Waals surface area contributed by atoms with Crippen molar-refractivity contribution in [3.05, 3.63) is 41.2 Å². The van der Waals surface area contributed by atoms with Gasteiger partial charge in [-0.15, -0.1) is 0 Å². The third-order valence-corrected chi connectivity index (χ3v) is 4.11. The van der Waals surface area contributed by atoms with Crippen molar-refractivity contribution >= 4 is 23.4 Å². The second-order valence-electron chi connectivity index (χ2n) is 5.11. The number of para-hydroxylation sites is 2. The SMILES string of the molecule is COc1ccccc1NC(=O)CCc1c(C)nc(SC)nc1C. The lowest BCUT2D eigenvalue weighted by atomic mass is 10.1. The van der Waals surface area contributed by atoms with E-state index in [1.165, 1.54) is 11.8 Å². The molecule has 0 bridgehead atoms. The Labute approximate surface area is 140 Å². The molecule has 1 aromatic heterocycles. The first-order valence-corrected chi connectivity index (χ1v) is 8.58. The molecule has 2 rings (SSSR count). The standard InChI is InChI=1S/C17H21N3O2S/c1-11-13(12(2)19-17(18-11)23-4)9-10-16(21)20-14-7-5-6-8-15(14)22-3/h5-8H,9-10H2,1-4H3,(H,20,21). The van der Waals surface area contributed by atoms with Gasteiger partial charge in [0, 0.05) is 17.8 Å². The van der Waals surface area contributed by atoms with Crippen molar-refractivity contribution in [2.45, 2.75) is 31.8 Å². The van der Waals surface area contributed by atoms with Crippen molar-refractivity contribution in [3.8, 4) is 5.75 Å². The van der Waals surface area contributed by atoms with E-state index in [0.717, 1.165) is 22.1 Å². The monoisotopic (exact) mass is 331 g/mol. The van der Waals surface area contributed by atoms with Gasteiger partial charge in [0.25, 0.3) is 0 Å². The van der Waals surface area contributed by atoms with Gasteiger partial charge in [0.15, 0.2) is 5.16 Å². The van der Waals surface area contributed by atoms with Gasteiger partial charge in [0.05, 0.1) is 12.8 Å². The number of nitrogens with one attached hydrogen (secondary N) is 1. The molecule has 6 heteroatoms. The Morgan fingerprint density at radius 3 is 2.48 bits per heavy atom. The summed E-state index contributed by atoms with van der Waals surface area (Å²) in [5.74, 6) is 0.600. The second-order valence-corrected chi connectivity index (χ2v) is 5.88. The lowest BCUT2D eigenvalue weighted by Crippen LogP contribution is -2.14. The maximum Gasteiger partial charge on any atom is 0.224 e. The highest BCUT2D eigenvalue weighted by atomic mass is 32.2. The van der Waals surface area contributed by atoms with E-state index in [4.69, 9.17) is 4.74 Å². The number of aryl methyl sites for hydroxylation is 2. The van der Waals surface area contributed by atoms with Crippen molar-refractivity contribution in [2.75, 3.05) is 18.7 Å². The maximum atomic E-state index is 12.2. The quantitative estimate of drug-likeness (QED) is 0.649. The van der Waals surface area contributed by atoms with Crippen molar-refractivity contribution in [1.29, 1.82) is 0 Å². The average Bonchev–Trinajstić information content (AvgIpc) is 2.54. The summed E-state index contributed by atoms with van der Waals surface area (Å²) in [5.41, 5.74) is 3.60. The second kappa shape index (κ2) is 7.97. The number of ether oxygens (including phenoxy) is 1. The Morgan fingerprint density at radius 2 is 1.87 bits per heavy atom. The fourth-order valence-corrected chi connectivity index (χ4v) is 2.82. The minimum Gasteiger partial charge on any atom is -0.495 e. The first-order valence-electron chi connectivity index (χ1n) is 7.36. The highest BCUT2D eigenvalue weighted by Crippen LogP contribution is 2.23. The highest BCUT2D eigenvalue weighted by Gasteiger charge is 2.12. The first-order chi connectivity index (χ1) is 11.0. The Balaban J connectivity index is 2.02. The third kappa shape index (κ3) is 4.45. The molecule has 0 fully saturated rings. The summed E-state index contributed by atoms with van der Waals surface area (Å²) in [6.07, 6.45) is 2.95. The van der Waals surface area contributed by atoms with Gasteiger partial charge in [-0.25, -0.2) is 9.97 Å². The molecule has 0 aliphatic heterocycles. The lowest BCUT2D eigenvalue weighted by Gasteiger charge is -2.11. The third-order valence-electron chi connectivity index (χ3n) is 3.57. The molecule has 122 valence electrons. The Morgan fingerprint density at radius 1 is 1.22 bits per heavy atom. The van der Waals surface area contributed by atoms with E-state index < -0.39 is 0 Å². The molecule has 0 saturated heterocycles. The van der Waals surface area contributed by atoms with Gasteiger partial charge in [-0.2, -0.15) is 0 Å². The molecular weight excluding hydrogens is 310 g/mol. The van der Waals surface area contributed by atoms with Crippen LogP contribution in [0.25, 0.3) is 0 Å². The minimum absolute atomic E-state index is 0.0535. The number of carbonyl (C=O) groups is 1. The molecule has 1 heterocycles. The Bertz CT molecular complexity index is 681. The van der Waals surface area contributed by atoms with E-state index in [2.05, 4.69) is 15.3 Å². The minimum atomic E-state index is -0.0535. The number of aromatic nitrogens is 2. The zero-order valence-electron chi connectivity index (χ0n) is 13.8. The summed E-state index contributed by atoms with van der Waals surface area (Å²) in [5, 5.41) is 3.65. The smallest absolute Gasteiger partial charge is 0.224 e. The number of hydrogen-bond donors (Lipinski definition) is 1. The van der Waals surface area contributed by atoms with Crippen LogP contribution in [0.2, 0.25) is 0 Å². The van der Waals surface area contributed by atoms with E-state index >= 15 is 0 Å². The predicted molar refractivity (Wildman–Crippen MR) is 93.2 cm³/mol. The normalized spacial score (nSPS) is 10.4. The summed E-state index contributed by atoms with van der Waals surface area (Å²) in [6.45, 7) is 3.92. The number of rotatable bonds is 6. The number of carbonyl (C=O) groups excluding carboxylic acids is 1. The van der Waals surface area contributed by atoms with Crippen LogP contribution in [-0.4, -0.2) is 29.2 Å². The van der Waals surface area contributed by atoms with E-state index in [9.17, 15) is 4.79 Å². The molecule has 0 aliphatic carbocycles. The molecule has 1 amide bonds. The average molecular weight is 331 g/mol. The van der Waals surface area contributed by atoms with Crippen LogP contribution in [0.5, 0.6) is 5.75 Å². The molecule has 23 heavy (non-hydrogen) atoms. The first kappa shape index (κ1) is 17.3. The summed E-state index contributed by atoms with van der Waals surface area (Å²) >= 11 is 1.52. The lowest BCUT2D eigenvalue weighted by molar-refractivity contribution is -0.116. The van der Waals surface area contributed by atoms with Crippen LogP contribution >= 0.6 is 11.8 Å². The molecule has 1 N–H and O–H groups in total. The Kier molecular flexibility index (Phi) is 5.98. The number of hydrogen-bond acceptors (Lipinski definition) is 5. The van der Waals surface area contributed by atoms with Gasteiger partial charge in [-0.3, -0.25) is 4.79 Å².